The van der Waals surface area contributed by atoms with E-state index < -0.39 is 17.5 Å². The fourth-order valence-corrected chi connectivity index (χ4v) is 2.02. The summed E-state index contributed by atoms with van der Waals surface area (Å²) in [5.74, 6) is -0.612. The lowest BCUT2D eigenvalue weighted by atomic mass is 9.98. The average Bonchev–Trinajstić information content (AvgIpc) is 2.68. The van der Waals surface area contributed by atoms with Crippen LogP contribution in [0.4, 0.5) is 13.2 Å². The molecule has 1 amide bonds. The van der Waals surface area contributed by atoms with Crippen molar-refractivity contribution in [2.45, 2.75) is 20.0 Å². The minimum absolute atomic E-state index is 0.00926. The highest BCUT2D eigenvalue weighted by Crippen LogP contribution is 2.32. The quantitative estimate of drug-likeness (QED) is 0.543. The summed E-state index contributed by atoms with van der Waals surface area (Å²) in [6.07, 6.45) is -4.53. The molecule has 0 aliphatic carbocycles. The largest absolute Gasteiger partial charge is 0.417 e. The third-order valence-electron chi connectivity index (χ3n) is 2.91. The van der Waals surface area contributed by atoms with E-state index in [0.29, 0.717) is 5.33 Å². The Balaban J connectivity index is 0.000000667. The summed E-state index contributed by atoms with van der Waals surface area (Å²) >= 11 is 2.96. The molecule has 0 aliphatic heterocycles. The van der Waals surface area contributed by atoms with E-state index in [1.54, 1.807) is 25.2 Å². The molecule has 0 radical (unpaired) electrons. The Morgan fingerprint density at radius 2 is 1.46 bits per heavy atom. The Bertz CT molecular complexity index is 683. The fourth-order valence-electron chi connectivity index (χ4n) is 1.74. The number of benzene rings is 2. The summed E-state index contributed by atoms with van der Waals surface area (Å²) in [5, 5.41) is 2.82. The first kappa shape index (κ1) is 23.9. The number of carbonyl (C=O) groups excluding carboxylic acids is 2. The fraction of sp³-hybridized carbons (Fsp3) is 0.263. The molecule has 2 aromatic carbocycles. The van der Waals surface area contributed by atoms with Crippen LogP contribution in [0.3, 0.4) is 0 Å². The Hall–Kier alpha value is -2.15. The van der Waals surface area contributed by atoms with Crippen molar-refractivity contribution in [3.63, 3.8) is 0 Å². The van der Waals surface area contributed by atoms with Gasteiger partial charge >= 0.3 is 6.18 Å². The van der Waals surface area contributed by atoms with E-state index in [9.17, 15) is 22.8 Å². The lowest BCUT2D eigenvalue weighted by Gasteiger charge is -2.11. The molecular formula is C19H21BrF3NO2. The van der Waals surface area contributed by atoms with Gasteiger partial charge < -0.3 is 5.32 Å². The summed E-state index contributed by atoms with van der Waals surface area (Å²) in [6, 6.07) is 12.7. The second-order valence-electron chi connectivity index (χ2n) is 4.55. The van der Waals surface area contributed by atoms with Crippen molar-refractivity contribution in [3.8, 4) is 0 Å². The van der Waals surface area contributed by atoms with Crippen molar-refractivity contribution in [1.29, 1.82) is 0 Å². The predicted molar refractivity (Wildman–Crippen MR) is 101 cm³/mol. The first-order valence-electron chi connectivity index (χ1n) is 7.83. The zero-order valence-electron chi connectivity index (χ0n) is 14.7. The van der Waals surface area contributed by atoms with Crippen molar-refractivity contribution in [2.75, 3.05) is 12.4 Å². The van der Waals surface area contributed by atoms with E-state index in [1.165, 1.54) is 30.3 Å². The van der Waals surface area contributed by atoms with Gasteiger partial charge in [-0.25, -0.2) is 0 Å². The van der Waals surface area contributed by atoms with Crippen LogP contribution in [-0.2, 0) is 11.0 Å². The third kappa shape index (κ3) is 7.82. The van der Waals surface area contributed by atoms with Crippen molar-refractivity contribution < 1.29 is 22.8 Å². The Morgan fingerprint density at radius 3 is 1.88 bits per heavy atom. The van der Waals surface area contributed by atoms with Crippen molar-refractivity contribution in [1.82, 2.24) is 5.32 Å². The molecule has 26 heavy (non-hydrogen) atoms. The Labute approximate surface area is 159 Å². The molecule has 0 aliphatic rings. The maximum absolute atomic E-state index is 12.8. The van der Waals surface area contributed by atoms with Gasteiger partial charge in [0, 0.05) is 18.2 Å². The second kappa shape index (κ2) is 12.2. The molecule has 0 atom stereocenters. The molecule has 0 spiro atoms. The Morgan fingerprint density at radius 1 is 0.962 bits per heavy atom. The number of hydrogen-bond acceptors (Lipinski definition) is 2. The highest BCUT2D eigenvalue weighted by atomic mass is 79.9. The van der Waals surface area contributed by atoms with E-state index in [4.69, 9.17) is 0 Å². The number of hydrogen-bond donors (Lipinski definition) is 1. The molecule has 0 saturated carbocycles. The van der Waals surface area contributed by atoms with Crippen LogP contribution in [0.5, 0.6) is 0 Å². The van der Waals surface area contributed by atoms with Crippen LogP contribution >= 0.6 is 15.9 Å². The van der Waals surface area contributed by atoms with Crippen LogP contribution in [0.2, 0.25) is 0 Å². The van der Waals surface area contributed by atoms with Crippen LogP contribution in [0, 0.1) is 0 Å². The molecule has 0 heterocycles. The predicted octanol–water partition coefficient (Wildman–Crippen LogP) is 5.09. The highest BCUT2D eigenvalue weighted by molar-refractivity contribution is 9.09. The molecule has 0 bridgehead atoms. The van der Waals surface area contributed by atoms with Gasteiger partial charge in [-0.05, 0) is 6.07 Å². The van der Waals surface area contributed by atoms with Crippen molar-refractivity contribution in [2.24, 2.45) is 0 Å². The van der Waals surface area contributed by atoms with Gasteiger partial charge in [0.25, 0.3) is 0 Å². The van der Waals surface area contributed by atoms with Gasteiger partial charge in [-0.2, -0.15) is 13.2 Å². The average molecular weight is 432 g/mol. The van der Waals surface area contributed by atoms with E-state index in [-0.39, 0.29) is 17.0 Å². The first-order chi connectivity index (χ1) is 12.3. The molecule has 0 fully saturated rings. The van der Waals surface area contributed by atoms with Crippen LogP contribution in [0.15, 0.2) is 54.6 Å². The molecule has 142 valence electrons. The molecule has 2 aromatic rings. The van der Waals surface area contributed by atoms with E-state index in [1.807, 2.05) is 13.8 Å². The molecule has 3 nitrogen and oxygen atoms in total. The van der Waals surface area contributed by atoms with E-state index in [0.717, 1.165) is 6.07 Å². The molecule has 7 heteroatoms. The second-order valence-corrected chi connectivity index (χ2v) is 5.11. The maximum atomic E-state index is 12.8. The molecular weight excluding hydrogens is 411 g/mol. The van der Waals surface area contributed by atoms with Crippen LogP contribution in [0.1, 0.15) is 35.3 Å². The van der Waals surface area contributed by atoms with Crippen molar-refractivity contribution >= 4 is 27.6 Å². The molecule has 2 rings (SSSR count). The lowest BCUT2D eigenvalue weighted by Crippen LogP contribution is -2.18. The Kier molecular flexibility index (Phi) is 11.2. The molecule has 0 unspecified atom stereocenters. The van der Waals surface area contributed by atoms with Gasteiger partial charge in [0.05, 0.1) is 10.9 Å². The van der Waals surface area contributed by atoms with Gasteiger partial charge in [0.15, 0.2) is 5.78 Å². The highest BCUT2D eigenvalue weighted by Gasteiger charge is 2.34. The van der Waals surface area contributed by atoms with Gasteiger partial charge in [-0.15, -0.1) is 0 Å². The molecule has 0 aromatic heterocycles. The molecule has 0 saturated heterocycles. The van der Waals surface area contributed by atoms with Gasteiger partial charge in [0.1, 0.15) is 0 Å². The zero-order valence-corrected chi connectivity index (χ0v) is 16.3. The van der Waals surface area contributed by atoms with Gasteiger partial charge in [0.2, 0.25) is 5.91 Å². The summed E-state index contributed by atoms with van der Waals surface area (Å²) in [5.41, 5.74) is -0.982. The third-order valence-corrected chi connectivity index (χ3v) is 3.42. The number of ketones is 1. The number of halogens is 4. The number of rotatable bonds is 3. The lowest BCUT2D eigenvalue weighted by molar-refractivity contribution is -0.137. The van der Waals surface area contributed by atoms with Crippen LogP contribution in [-0.4, -0.2) is 24.1 Å². The summed E-state index contributed by atoms with van der Waals surface area (Å²) in [4.78, 5) is 22.0. The number of nitrogens with one attached hydrogen (secondary N) is 1. The van der Waals surface area contributed by atoms with Crippen LogP contribution < -0.4 is 5.32 Å². The monoisotopic (exact) mass is 431 g/mol. The first-order valence-corrected chi connectivity index (χ1v) is 8.96. The smallest absolute Gasteiger partial charge is 0.358 e. The zero-order chi connectivity index (χ0) is 20.2. The normalized spacial score (nSPS) is 9.81. The minimum Gasteiger partial charge on any atom is -0.358 e. The number of carbonyl (C=O) groups is 2. The topological polar surface area (TPSA) is 46.2 Å². The van der Waals surface area contributed by atoms with Gasteiger partial charge in [-0.1, -0.05) is 78.3 Å². The molecule has 1 N–H and O–H groups in total. The standard InChI is InChI=1S/C14H9F3O.C3H6BrNO.C2H6/c15-14(16,17)12-9-5-4-8-11(12)13(18)10-6-2-1-3-7-10;1-5-3(6)2-4;1-2/h1-9H;2H2,1H3,(H,5,6);1-2H3. The van der Waals surface area contributed by atoms with E-state index >= 15 is 0 Å². The van der Waals surface area contributed by atoms with Crippen molar-refractivity contribution in [3.05, 3.63) is 71.3 Å². The SMILES string of the molecule is CC.CNC(=O)CBr.O=C(c1ccccc1)c1ccccc1C(F)(F)F. The summed E-state index contributed by atoms with van der Waals surface area (Å²) in [6.45, 7) is 4.00. The maximum Gasteiger partial charge on any atom is 0.417 e. The summed E-state index contributed by atoms with van der Waals surface area (Å²) < 4.78 is 38.3. The number of alkyl halides is 4. The van der Waals surface area contributed by atoms with E-state index in [2.05, 4.69) is 21.2 Å². The van der Waals surface area contributed by atoms with Crippen LogP contribution in [0.25, 0.3) is 0 Å². The van der Waals surface area contributed by atoms with Gasteiger partial charge in [-0.3, -0.25) is 9.59 Å². The summed E-state index contributed by atoms with van der Waals surface area (Å²) in [7, 11) is 1.60. The minimum atomic E-state index is -4.53. The number of amides is 1.